The number of hydrogen-bond acceptors (Lipinski definition) is 5. The minimum atomic E-state index is 0.630. The highest BCUT2D eigenvalue weighted by molar-refractivity contribution is 4.87. The first-order chi connectivity index (χ1) is 8.19. The Bertz CT molecular complexity index is 352. The lowest BCUT2D eigenvalue weighted by Gasteiger charge is -2.37. The van der Waals surface area contributed by atoms with Gasteiger partial charge in [-0.25, -0.2) is 0 Å². The van der Waals surface area contributed by atoms with Crippen molar-refractivity contribution in [2.24, 2.45) is 0 Å². The minimum absolute atomic E-state index is 0.630. The average Bonchev–Trinajstić information content (AvgIpc) is 2.73. The lowest BCUT2D eigenvalue weighted by Crippen LogP contribution is -2.47. The summed E-state index contributed by atoms with van der Waals surface area (Å²) in [5.74, 6) is 1.48. The normalized spacial score (nSPS) is 26.3. The van der Waals surface area contributed by atoms with Crippen LogP contribution in [0, 0.1) is 6.92 Å². The van der Waals surface area contributed by atoms with E-state index in [9.17, 15) is 0 Å². The summed E-state index contributed by atoms with van der Waals surface area (Å²) in [6.45, 7) is 6.32. The molecule has 1 fully saturated rings. The number of likely N-dealkylation sites (tertiary alicyclic amines) is 1. The van der Waals surface area contributed by atoms with Crippen LogP contribution in [-0.2, 0) is 6.42 Å². The molecular formula is C12H22N4O. The van der Waals surface area contributed by atoms with Gasteiger partial charge in [0.2, 0.25) is 5.89 Å². The molecule has 5 heteroatoms. The highest BCUT2D eigenvalue weighted by atomic mass is 16.5. The van der Waals surface area contributed by atoms with E-state index in [4.69, 9.17) is 4.52 Å². The average molecular weight is 238 g/mol. The van der Waals surface area contributed by atoms with Crippen LogP contribution in [0.4, 0.5) is 0 Å². The highest BCUT2D eigenvalue weighted by Crippen LogP contribution is 2.17. The molecule has 0 aromatic carbocycles. The fourth-order valence-electron chi connectivity index (χ4n) is 2.50. The van der Waals surface area contributed by atoms with Gasteiger partial charge in [-0.3, -0.25) is 0 Å². The summed E-state index contributed by atoms with van der Waals surface area (Å²) in [5.41, 5.74) is 0. The topological polar surface area (TPSA) is 54.2 Å². The molecule has 17 heavy (non-hydrogen) atoms. The third kappa shape index (κ3) is 3.26. The van der Waals surface area contributed by atoms with Crippen LogP contribution >= 0.6 is 0 Å². The minimum Gasteiger partial charge on any atom is -0.339 e. The number of nitrogens with one attached hydrogen (secondary N) is 1. The molecule has 96 valence electrons. The lowest BCUT2D eigenvalue weighted by atomic mass is 9.98. The molecule has 2 heterocycles. The van der Waals surface area contributed by atoms with E-state index in [1.807, 2.05) is 14.0 Å². The first-order valence-electron chi connectivity index (χ1n) is 6.39. The number of hydrogen-bond donors (Lipinski definition) is 1. The summed E-state index contributed by atoms with van der Waals surface area (Å²) in [6, 6.07) is 1.30. The Morgan fingerprint density at radius 3 is 2.94 bits per heavy atom. The predicted molar refractivity (Wildman–Crippen MR) is 65.9 cm³/mol. The molecule has 2 atom stereocenters. The largest absolute Gasteiger partial charge is 0.339 e. The van der Waals surface area contributed by atoms with Crippen LogP contribution in [0.3, 0.4) is 0 Å². The third-order valence-electron chi connectivity index (χ3n) is 3.60. The van der Waals surface area contributed by atoms with Crippen LogP contribution in [0.2, 0.25) is 0 Å². The second-order valence-corrected chi connectivity index (χ2v) is 4.88. The molecule has 1 aliphatic rings. The van der Waals surface area contributed by atoms with Crippen molar-refractivity contribution < 1.29 is 4.52 Å². The van der Waals surface area contributed by atoms with Crippen molar-refractivity contribution in [1.29, 1.82) is 0 Å². The van der Waals surface area contributed by atoms with Crippen LogP contribution in [0.1, 0.15) is 31.5 Å². The zero-order valence-corrected chi connectivity index (χ0v) is 10.9. The first kappa shape index (κ1) is 12.5. The van der Waals surface area contributed by atoms with E-state index >= 15 is 0 Å². The Morgan fingerprint density at radius 1 is 1.53 bits per heavy atom. The Labute approximate surface area is 103 Å². The van der Waals surface area contributed by atoms with E-state index in [1.165, 1.54) is 12.8 Å². The van der Waals surface area contributed by atoms with E-state index in [2.05, 4.69) is 27.3 Å². The van der Waals surface area contributed by atoms with E-state index in [1.54, 1.807) is 0 Å². The number of piperidine rings is 1. The fourth-order valence-corrected chi connectivity index (χ4v) is 2.50. The molecular weight excluding hydrogens is 216 g/mol. The van der Waals surface area contributed by atoms with Crippen molar-refractivity contribution in [2.75, 3.05) is 20.1 Å². The molecule has 0 bridgehead atoms. The molecule has 1 aliphatic heterocycles. The standard InChI is InChI=1S/C12H22N4O/c1-9-8-11(13-3)4-6-16(9)7-5-12-14-10(2)15-17-12/h9,11,13H,4-8H2,1-3H3. The van der Waals surface area contributed by atoms with Gasteiger partial charge in [0.15, 0.2) is 5.82 Å². The van der Waals surface area contributed by atoms with Gasteiger partial charge in [-0.15, -0.1) is 0 Å². The van der Waals surface area contributed by atoms with Gasteiger partial charge in [-0.1, -0.05) is 5.16 Å². The molecule has 0 radical (unpaired) electrons. The van der Waals surface area contributed by atoms with Crippen LogP contribution < -0.4 is 5.32 Å². The maximum atomic E-state index is 5.13. The van der Waals surface area contributed by atoms with Gasteiger partial charge < -0.3 is 14.7 Å². The molecule has 1 aromatic rings. The second kappa shape index (κ2) is 5.60. The van der Waals surface area contributed by atoms with E-state index in [0.29, 0.717) is 12.1 Å². The van der Waals surface area contributed by atoms with Gasteiger partial charge in [-0.05, 0) is 40.3 Å². The highest BCUT2D eigenvalue weighted by Gasteiger charge is 2.24. The zero-order chi connectivity index (χ0) is 12.3. The third-order valence-corrected chi connectivity index (χ3v) is 3.60. The number of nitrogens with zero attached hydrogens (tertiary/aromatic N) is 3. The molecule has 1 N–H and O–H groups in total. The van der Waals surface area contributed by atoms with Crippen molar-refractivity contribution >= 4 is 0 Å². The molecule has 5 nitrogen and oxygen atoms in total. The molecule has 2 unspecified atom stereocenters. The summed E-state index contributed by atoms with van der Waals surface area (Å²) in [6.07, 6.45) is 3.30. The Morgan fingerprint density at radius 2 is 2.35 bits per heavy atom. The monoisotopic (exact) mass is 238 g/mol. The molecule has 0 amide bonds. The van der Waals surface area contributed by atoms with Crippen molar-refractivity contribution in [3.63, 3.8) is 0 Å². The summed E-state index contributed by atoms with van der Waals surface area (Å²) < 4.78 is 5.13. The van der Waals surface area contributed by atoms with Gasteiger partial charge in [0.05, 0.1) is 0 Å². The quantitative estimate of drug-likeness (QED) is 0.848. The zero-order valence-electron chi connectivity index (χ0n) is 10.9. The lowest BCUT2D eigenvalue weighted by molar-refractivity contribution is 0.137. The van der Waals surface area contributed by atoms with Gasteiger partial charge >= 0.3 is 0 Å². The van der Waals surface area contributed by atoms with Crippen molar-refractivity contribution in [1.82, 2.24) is 20.4 Å². The fraction of sp³-hybridized carbons (Fsp3) is 0.833. The van der Waals surface area contributed by atoms with Gasteiger partial charge in [0.25, 0.3) is 0 Å². The number of aryl methyl sites for hydroxylation is 1. The summed E-state index contributed by atoms with van der Waals surface area (Å²) >= 11 is 0. The first-order valence-corrected chi connectivity index (χ1v) is 6.39. The van der Waals surface area contributed by atoms with Gasteiger partial charge in [0, 0.05) is 25.0 Å². The molecule has 0 saturated carbocycles. The Balaban J connectivity index is 1.80. The SMILES string of the molecule is CNC1CCN(CCc2nc(C)no2)C(C)C1. The van der Waals surface area contributed by atoms with Crippen LogP contribution in [0.15, 0.2) is 4.52 Å². The molecule has 1 aromatic heterocycles. The molecule has 0 spiro atoms. The van der Waals surface area contributed by atoms with E-state index in [0.717, 1.165) is 31.2 Å². The summed E-state index contributed by atoms with van der Waals surface area (Å²) in [5, 5.41) is 7.17. The summed E-state index contributed by atoms with van der Waals surface area (Å²) in [4.78, 5) is 6.74. The van der Waals surface area contributed by atoms with Crippen LogP contribution in [-0.4, -0.2) is 47.3 Å². The Hall–Kier alpha value is -0.940. The maximum absolute atomic E-state index is 5.13. The molecule has 0 aliphatic carbocycles. The van der Waals surface area contributed by atoms with Gasteiger partial charge in [-0.2, -0.15) is 4.98 Å². The van der Waals surface area contributed by atoms with E-state index < -0.39 is 0 Å². The predicted octanol–water partition coefficient (Wildman–Crippen LogP) is 0.993. The van der Waals surface area contributed by atoms with Crippen molar-refractivity contribution in [3.8, 4) is 0 Å². The molecule has 1 saturated heterocycles. The van der Waals surface area contributed by atoms with E-state index in [-0.39, 0.29) is 0 Å². The van der Waals surface area contributed by atoms with Crippen molar-refractivity contribution in [3.05, 3.63) is 11.7 Å². The molecule has 2 rings (SSSR count). The second-order valence-electron chi connectivity index (χ2n) is 4.88. The Kier molecular flexibility index (Phi) is 4.12. The number of rotatable bonds is 4. The van der Waals surface area contributed by atoms with Crippen LogP contribution in [0.25, 0.3) is 0 Å². The smallest absolute Gasteiger partial charge is 0.227 e. The maximum Gasteiger partial charge on any atom is 0.227 e. The summed E-state index contributed by atoms with van der Waals surface area (Å²) in [7, 11) is 2.05. The van der Waals surface area contributed by atoms with Crippen LogP contribution in [0.5, 0.6) is 0 Å². The number of aromatic nitrogens is 2. The van der Waals surface area contributed by atoms with Gasteiger partial charge in [0.1, 0.15) is 0 Å². The van der Waals surface area contributed by atoms with Crippen molar-refractivity contribution in [2.45, 2.75) is 45.2 Å².